The molecule has 13 heavy (non-hydrogen) atoms. The van der Waals surface area contributed by atoms with E-state index < -0.39 is 0 Å². The van der Waals surface area contributed by atoms with Crippen LogP contribution in [0.4, 0.5) is 0 Å². The van der Waals surface area contributed by atoms with Crippen LogP contribution in [-0.2, 0) is 0 Å². The van der Waals surface area contributed by atoms with Gasteiger partial charge in [0.2, 0.25) is 0 Å². The number of hydrogen-bond donors (Lipinski definition) is 1. The van der Waals surface area contributed by atoms with Gasteiger partial charge in [-0.05, 0) is 30.2 Å². The lowest BCUT2D eigenvalue weighted by Gasteiger charge is -2.32. The van der Waals surface area contributed by atoms with Gasteiger partial charge in [-0.2, -0.15) is 0 Å². The van der Waals surface area contributed by atoms with Crippen LogP contribution in [0.2, 0.25) is 0 Å². The van der Waals surface area contributed by atoms with Gasteiger partial charge < -0.3 is 5.73 Å². The van der Waals surface area contributed by atoms with E-state index in [0.29, 0.717) is 11.3 Å². The SMILES string of the molecule is CCC(CC)CC(CN)C(C)(C)C. The Labute approximate surface area is 84.1 Å². The van der Waals surface area contributed by atoms with Crippen molar-refractivity contribution in [2.45, 2.75) is 53.9 Å². The van der Waals surface area contributed by atoms with Gasteiger partial charge in [-0.3, -0.25) is 0 Å². The van der Waals surface area contributed by atoms with E-state index in [1.165, 1.54) is 19.3 Å². The zero-order chi connectivity index (χ0) is 10.5. The lowest BCUT2D eigenvalue weighted by Crippen LogP contribution is -2.30. The molecule has 1 nitrogen and oxygen atoms in total. The highest BCUT2D eigenvalue weighted by molar-refractivity contribution is 4.76. The van der Waals surface area contributed by atoms with Crippen molar-refractivity contribution in [3.8, 4) is 0 Å². The van der Waals surface area contributed by atoms with Gasteiger partial charge in [0.1, 0.15) is 0 Å². The predicted molar refractivity (Wildman–Crippen MR) is 60.7 cm³/mol. The summed E-state index contributed by atoms with van der Waals surface area (Å²) in [4.78, 5) is 0. The van der Waals surface area contributed by atoms with Crippen molar-refractivity contribution in [2.75, 3.05) is 6.54 Å². The molecule has 0 saturated carbocycles. The summed E-state index contributed by atoms with van der Waals surface area (Å²) in [5.74, 6) is 1.55. The van der Waals surface area contributed by atoms with Crippen LogP contribution < -0.4 is 5.73 Å². The second kappa shape index (κ2) is 5.64. The molecule has 1 unspecified atom stereocenters. The Kier molecular flexibility index (Phi) is 5.62. The molecule has 0 fully saturated rings. The molecule has 0 amide bonds. The van der Waals surface area contributed by atoms with E-state index in [1.54, 1.807) is 0 Å². The lowest BCUT2D eigenvalue weighted by atomic mass is 9.75. The van der Waals surface area contributed by atoms with Crippen LogP contribution in [0, 0.1) is 17.3 Å². The minimum Gasteiger partial charge on any atom is -0.330 e. The maximum Gasteiger partial charge on any atom is -0.00438 e. The summed E-state index contributed by atoms with van der Waals surface area (Å²) in [6, 6.07) is 0. The molecule has 0 rings (SSSR count). The van der Waals surface area contributed by atoms with E-state index in [0.717, 1.165) is 12.5 Å². The maximum absolute atomic E-state index is 5.82. The van der Waals surface area contributed by atoms with Crippen molar-refractivity contribution in [3.63, 3.8) is 0 Å². The molecule has 0 aromatic rings. The van der Waals surface area contributed by atoms with Crippen molar-refractivity contribution in [1.82, 2.24) is 0 Å². The van der Waals surface area contributed by atoms with Crippen molar-refractivity contribution in [3.05, 3.63) is 0 Å². The summed E-state index contributed by atoms with van der Waals surface area (Å²) in [5.41, 5.74) is 6.19. The molecule has 1 heteroatoms. The highest BCUT2D eigenvalue weighted by Gasteiger charge is 2.24. The molecule has 0 aromatic heterocycles. The fourth-order valence-electron chi connectivity index (χ4n) is 1.83. The molecular weight excluding hydrogens is 158 g/mol. The first-order valence-corrected chi connectivity index (χ1v) is 5.65. The van der Waals surface area contributed by atoms with E-state index in [9.17, 15) is 0 Å². The highest BCUT2D eigenvalue weighted by Crippen LogP contribution is 2.32. The molecule has 0 aliphatic rings. The van der Waals surface area contributed by atoms with Crippen molar-refractivity contribution >= 4 is 0 Å². The van der Waals surface area contributed by atoms with Gasteiger partial charge >= 0.3 is 0 Å². The van der Waals surface area contributed by atoms with E-state index in [2.05, 4.69) is 34.6 Å². The number of hydrogen-bond acceptors (Lipinski definition) is 1. The summed E-state index contributed by atoms with van der Waals surface area (Å²) in [6.07, 6.45) is 3.89. The van der Waals surface area contributed by atoms with Gasteiger partial charge in [-0.25, -0.2) is 0 Å². The maximum atomic E-state index is 5.82. The van der Waals surface area contributed by atoms with Crippen molar-refractivity contribution < 1.29 is 0 Å². The molecule has 0 aliphatic carbocycles. The Balaban J connectivity index is 4.11. The molecule has 0 saturated heterocycles. The average Bonchev–Trinajstić information content (AvgIpc) is 2.04. The summed E-state index contributed by atoms with van der Waals surface area (Å²) in [7, 11) is 0. The molecule has 0 aromatic carbocycles. The van der Waals surface area contributed by atoms with Gasteiger partial charge in [-0.1, -0.05) is 47.5 Å². The standard InChI is InChI=1S/C12H27N/c1-6-10(7-2)8-11(9-13)12(3,4)5/h10-11H,6-9,13H2,1-5H3. The molecule has 0 radical (unpaired) electrons. The molecule has 0 spiro atoms. The molecule has 80 valence electrons. The van der Waals surface area contributed by atoms with Crippen LogP contribution in [0.25, 0.3) is 0 Å². The second-order valence-corrected chi connectivity index (χ2v) is 5.22. The number of nitrogens with two attached hydrogens (primary N) is 1. The first-order chi connectivity index (χ1) is 5.95. The normalized spacial score (nSPS) is 15.0. The minimum absolute atomic E-state index is 0.372. The van der Waals surface area contributed by atoms with E-state index in [1.807, 2.05) is 0 Å². The lowest BCUT2D eigenvalue weighted by molar-refractivity contribution is 0.197. The summed E-state index contributed by atoms with van der Waals surface area (Å²) < 4.78 is 0. The van der Waals surface area contributed by atoms with Crippen LogP contribution in [0.15, 0.2) is 0 Å². The molecule has 0 heterocycles. The van der Waals surface area contributed by atoms with Crippen molar-refractivity contribution in [2.24, 2.45) is 23.0 Å². The van der Waals surface area contributed by atoms with Gasteiger partial charge in [0.15, 0.2) is 0 Å². The van der Waals surface area contributed by atoms with Crippen molar-refractivity contribution in [1.29, 1.82) is 0 Å². The Bertz CT molecular complexity index is 120. The summed E-state index contributed by atoms with van der Waals surface area (Å²) >= 11 is 0. The largest absolute Gasteiger partial charge is 0.330 e. The summed E-state index contributed by atoms with van der Waals surface area (Å²) in [6.45, 7) is 12.3. The molecular formula is C12H27N. The van der Waals surface area contributed by atoms with Crippen LogP contribution in [0.5, 0.6) is 0 Å². The third-order valence-electron chi connectivity index (χ3n) is 3.28. The number of rotatable bonds is 5. The van der Waals surface area contributed by atoms with Gasteiger partial charge in [0.25, 0.3) is 0 Å². The van der Waals surface area contributed by atoms with Crippen LogP contribution in [0.1, 0.15) is 53.9 Å². The third kappa shape index (κ3) is 4.66. The Morgan fingerprint density at radius 1 is 1.08 bits per heavy atom. The van der Waals surface area contributed by atoms with Crippen LogP contribution in [0.3, 0.4) is 0 Å². The first kappa shape index (κ1) is 13.0. The quantitative estimate of drug-likeness (QED) is 0.697. The highest BCUT2D eigenvalue weighted by atomic mass is 14.6. The fourth-order valence-corrected chi connectivity index (χ4v) is 1.83. The van der Waals surface area contributed by atoms with Crippen LogP contribution >= 0.6 is 0 Å². The molecule has 0 aliphatic heterocycles. The average molecular weight is 185 g/mol. The Morgan fingerprint density at radius 2 is 1.54 bits per heavy atom. The summed E-state index contributed by atoms with van der Waals surface area (Å²) in [5, 5.41) is 0. The first-order valence-electron chi connectivity index (χ1n) is 5.65. The topological polar surface area (TPSA) is 26.0 Å². The fraction of sp³-hybridized carbons (Fsp3) is 1.00. The molecule has 0 bridgehead atoms. The Morgan fingerprint density at radius 3 is 1.77 bits per heavy atom. The monoisotopic (exact) mass is 185 g/mol. The van der Waals surface area contributed by atoms with E-state index in [-0.39, 0.29) is 0 Å². The predicted octanol–water partition coefficient (Wildman–Crippen LogP) is 3.43. The third-order valence-corrected chi connectivity index (χ3v) is 3.28. The second-order valence-electron chi connectivity index (χ2n) is 5.22. The Hall–Kier alpha value is -0.0400. The zero-order valence-electron chi connectivity index (χ0n) is 10.1. The van der Waals surface area contributed by atoms with E-state index >= 15 is 0 Å². The van der Waals surface area contributed by atoms with E-state index in [4.69, 9.17) is 5.73 Å². The minimum atomic E-state index is 0.372. The van der Waals surface area contributed by atoms with Crippen LogP contribution in [-0.4, -0.2) is 6.54 Å². The molecule has 1 atom stereocenters. The molecule has 2 N–H and O–H groups in total. The van der Waals surface area contributed by atoms with Gasteiger partial charge in [0.05, 0.1) is 0 Å². The zero-order valence-corrected chi connectivity index (χ0v) is 10.1. The van der Waals surface area contributed by atoms with Gasteiger partial charge in [0, 0.05) is 0 Å². The smallest absolute Gasteiger partial charge is 0.00438 e. The van der Waals surface area contributed by atoms with Gasteiger partial charge in [-0.15, -0.1) is 0 Å².